The van der Waals surface area contributed by atoms with E-state index in [0.717, 1.165) is 45.7 Å². The van der Waals surface area contributed by atoms with E-state index in [9.17, 15) is 0 Å². The third kappa shape index (κ3) is 4.13. The van der Waals surface area contributed by atoms with Gasteiger partial charge in [0.15, 0.2) is 11.5 Å². The highest BCUT2D eigenvalue weighted by atomic mass is 79.9. The fourth-order valence-electron chi connectivity index (χ4n) is 3.25. The summed E-state index contributed by atoms with van der Waals surface area (Å²) in [5.41, 5.74) is 1.04. The molecule has 0 bridgehead atoms. The standard InChI is InChI=1S/C20H21BrClNO2/c21-15-7-8-19(25-18-11-23(12-18)17-5-2-6-17)20(10-15)24-13-14-3-1-4-16(22)9-14/h1,3-4,7-10,17-18H,2,5-6,11-13H2. The van der Waals surface area contributed by atoms with Crippen molar-refractivity contribution in [2.45, 2.75) is 38.0 Å². The normalized spacial score (nSPS) is 18.5. The Bertz CT molecular complexity index is 744. The Morgan fingerprint density at radius 2 is 1.92 bits per heavy atom. The molecule has 3 nitrogen and oxygen atoms in total. The summed E-state index contributed by atoms with van der Waals surface area (Å²) in [7, 11) is 0. The topological polar surface area (TPSA) is 21.7 Å². The summed E-state index contributed by atoms with van der Waals surface area (Å²) >= 11 is 9.55. The van der Waals surface area contributed by atoms with Crippen LogP contribution in [0.5, 0.6) is 11.5 Å². The lowest BCUT2D eigenvalue weighted by atomic mass is 9.89. The molecule has 25 heavy (non-hydrogen) atoms. The van der Waals surface area contributed by atoms with Crippen LogP contribution >= 0.6 is 27.5 Å². The Kier molecular flexibility index (Phi) is 5.20. The first-order valence-electron chi connectivity index (χ1n) is 8.75. The number of hydrogen-bond acceptors (Lipinski definition) is 3. The van der Waals surface area contributed by atoms with Gasteiger partial charge in [-0.25, -0.2) is 0 Å². The smallest absolute Gasteiger partial charge is 0.162 e. The van der Waals surface area contributed by atoms with Gasteiger partial charge in [-0.15, -0.1) is 0 Å². The van der Waals surface area contributed by atoms with Crippen LogP contribution in [-0.2, 0) is 6.61 Å². The van der Waals surface area contributed by atoms with Crippen LogP contribution < -0.4 is 9.47 Å². The molecule has 2 aromatic rings. The molecule has 0 radical (unpaired) electrons. The Morgan fingerprint density at radius 1 is 1.08 bits per heavy atom. The summed E-state index contributed by atoms with van der Waals surface area (Å²) in [5, 5.41) is 0.720. The number of halogens is 2. The molecule has 1 aliphatic carbocycles. The minimum absolute atomic E-state index is 0.260. The van der Waals surface area contributed by atoms with Crippen LogP contribution in [-0.4, -0.2) is 30.1 Å². The van der Waals surface area contributed by atoms with E-state index in [-0.39, 0.29) is 6.10 Å². The maximum absolute atomic E-state index is 6.18. The number of ether oxygens (including phenoxy) is 2. The third-order valence-corrected chi connectivity index (χ3v) is 5.68. The number of benzene rings is 2. The molecular weight excluding hydrogens is 402 g/mol. The number of rotatable bonds is 6. The summed E-state index contributed by atoms with van der Waals surface area (Å²) in [5.74, 6) is 1.57. The van der Waals surface area contributed by atoms with Crippen molar-refractivity contribution < 1.29 is 9.47 Å². The molecule has 0 N–H and O–H groups in total. The molecule has 1 saturated heterocycles. The molecule has 0 atom stereocenters. The van der Waals surface area contributed by atoms with Crippen LogP contribution in [0.2, 0.25) is 5.02 Å². The highest BCUT2D eigenvalue weighted by Crippen LogP contribution is 2.35. The van der Waals surface area contributed by atoms with Crippen molar-refractivity contribution in [3.8, 4) is 11.5 Å². The maximum Gasteiger partial charge on any atom is 0.162 e. The molecule has 2 aliphatic rings. The van der Waals surface area contributed by atoms with Gasteiger partial charge in [0, 0.05) is 28.6 Å². The van der Waals surface area contributed by atoms with Crippen LogP contribution in [0.1, 0.15) is 24.8 Å². The minimum atomic E-state index is 0.260. The zero-order valence-corrected chi connectivity index (χ0v) is 16.3. The Balaban J connectivity index is 1.38. The number of nitrogens with zero attached hydrogens (tertiary/aromatic N) is 1. The van der Waals surface area contributed by atoms with E-state index in [4.69, 9.17) is 21.1 Å². The second-order valence-corrected chi connectivity index (χ2v) is 8.14. The third-order valence-electron chi connectivity index (χ3n) is 4.95. The summed E-state index contributed by atoms with van der Waals surface area (Å²) in [4.78, 5) is 2.53. The van der Waals surface area contributed by atoms with Gasteiger partial charge in [0.1, 0.15) is 12.7 Å². The summed E-state index contributed by atoms with van der Waals surface area (Å²) in [6.07, 6.45) is 4.33. The number of hydrogen-bond donors (Lipinski definition) is 0. The SMILES string of the molecule is Clc1cccc(COc2cc(Br)ccc2OC2CN(C3CCC3)C2)c1. The Morgan fingerprint density at radius 3 is 2.64 bits per heavy atom. The molecule has 2 aromatic carbocycles. The average molecular weight is 423 g/mol. The summed E-state index contributed by atoms with van der Waals surface area (Å²) in [6.45, 7) is 2.51. The van der Waals surface area contributed by atoms with Crippen molar-refractivity contribution in [1.29, 1.82) is 0 Å². The van der Waals surface area contributed by atoms with Crippen molar-refractivity contribution in [1.82, 2.24) is 4.90 Å². The molecule has 5 heteroatoms. The van der Waals surface area contributed by atoms with Crippen LogP contribution in [0.3, 0.4) is 0 Å². The summed E-state index contributed by atoms with van der Waals surface area (Å²) < 4.78 is 13.2. The minimum Gasteiger partial charge on any atom is -0.485 e. The van der Waals surface area contributed by atoms with Gasteiger partial charge in [0.05, 0.1) is 0 Å². The first kappa shape index (κ1) is 17.2. The van der Waals surface area contributed by atoms with Crippen LogP contribution in [0.4, 0.5) is 0 Å². The Hall–Kier alpha value is -1.23. The van der Waals surface area contributed by atoms with Gasteiger partial charge < -0.3 is 9.47 Å². The van der Waals surface area contributed by atoms with Gasteiger partial charge in [-0.1, -0.05) is 46.1 Å². The highest BCUT2D eigenvalue weighted by Gasteiger charge is 2.36. The zero-order chi connectivity index (χ0) is 17.2. The fourth-order valence-corrected chi connectivity index (χ4v) is 3.81. The predicted octanol–water partition coefficient (Wildman–Crippen LogP) is 5.30. The quantitative estimate of drug-likeness (QED) is 0.631. The molecule has 4 rings (SSSR count). The van der Waals surface area contributed by atoms with E-state index in [1.165, 1.54) is 19.3 Å². The van der Waals surface area contributed by atoms with Crippen LogP contribution in [0, 0.1) is 0 Å². The van der Waals surface area contributed by atoms with Crippen molar-refractivity contribution in [2.75, 3.05) is 13.1 Å². The molecule has 0 amide bonds. The average Bonchev–Trinajstić information content (AvgIpc) is 2.51. The highest BCUT2D eigenvalue weighted by molar-refractivity contribution is 9.10. The van der Waals surface area contributed by atoms with Crippen LogP contribution in [0.15, 0.2) is 46.9 Å². The van der Waals surface area contributed by atoms with E-state index in [2.05, 4.69) is 20.8 Å². The van der Waals surface area contributed by atoms with Crippen molar-refractivity contribution in [3.05, 3.63) is 57.5 Å². The summed E-state index contributed by atoms with van der Waals surface area (Å²) in [6, 6.07) is 14.4. The molecule has 132 valence electrons. The van der Waals surface area contributed by atoms with E-state index >= 15 is 0 Å². The second-order valence-electron chi connectivity index (χ2n) is 6.79. The monoisotopic (exact) mass is 421 g/mol. The van der Waals surface area contributed by atoms with Crippen LogP contribution in [0.25, 0.3) is 0 Å². The molecule has 1 saturated carbocycles. The van der Waals surface area contributed by atoms with Crippen molar-refractivity contribution >= 4 is 27.5 Å². The van der Waals surface area contributed by atoms with Gasteiger partial charge in [-0.05, 0) is 48.7 Å². The van der Waals surface area contributed by atoms with Crippen molar-refractivity contribution in [2.24, 2.45) is 0 Å². The van der Waals surface area contributed by atoms with Gasteiger partial charge in [-0.3, -0.25) is 4.90 Å². The second kappa shape index (κ2) is 7.56. The van der Waals surface area contributed by atoms with Gasteiger partial charge >= 0.3 is 0 Å². The lowest BCUT2D eigenvalue weighted by molar-refractivity contribution is -0.0319. The largest absolute Gasteiger partial charge is 0.485 e. The lowest BCUT2D eigenvalue weighted by Crippen LogP contribution is -2.59. The first-order chi connectivity index (χ1) is 12.2. The van der Waals surface area contributed by atoms with Gasteiger partial charge in [0.2, 0.25) is 0 Å². The molecule has 0 unspecified atom stereocenters. The molecule has 0 aromatic heterocycles. The fraction of sp³-hybridized carbons (Fsp3) is 0.400. The number of likely N-dealkylation sites (tertiary alicyclic amines) is 1. The molecule has 1 heterocycles. The molecular formula is C20H21BrClNO2. The van der Waals surface area contributed by atoms with E-state index in [1.54, 1.807) is 0 Å². The molecule has 2 fully saturated rings. The van der Waals surface area contributed by atoms with Gasteiger partial charge in [0.25, 0.3) is 0 Å². The van der Waals surface area contributed by atoms with E-state index in [1.807, 2.05) is 42.5 Å². The molecule has 1 aliphatic heterocycles. The first-order valence-corrected chi connectivity index (χ1v) is 9.92. The lowest BCUT2D eigenvalue weighted by Gasteiger charge is -2.47. The van der Waals surface area contributed by atoms with E-state index in [0.29, 0.717) is 6.61 Å². The predicted molar refractivity (Wildman–Crippen MR) is 104 cm³/mol. The zero-order valence-electron chi connectivity index (χ0n) is 14.0. The Labute approximate surface area is 162 Å². The van der Waals surface area contributed by atoms with E-state index < -0.39 is 0 Å². The molecule has 0 spiro atoms. The maximum atomic E-state index is 6.18. The van der Waals surface area contributed by atoms with Gasteiger partial charge in [-0.2, -0.15) is 0 Å². The van der Waals surface area contributed by atoms with Crippen molar-refractivity contribution in [3.63, 3.8) is 0 Å².